The lowest BCUT2D eigenvalue weighted by molar-refractivity contribution is 0.461. The smallest absolute Gasteiger partial charge is 0.232 e. The third kappa shape index (κ3) is 4.54. The number of nitrogens with one attached hydrogen (secondary N) is 1. The van der Waals surface area contributed by atoms with Crippen LogP contribution in [0.3, 0.4) is 0 Å². The van der Waals surface area contributed by atoms with E-state index in [4.69, 9.17) is 4.74 Å². The molecule has 0 aliphatic heterocycles. The zero-order valence-corrected chi connectivity index (χ0v) is 14.3. The first kappa shape index (κ1) is 16.9. The Morgan fingerprint density at radius 2 is 2.00 bits per heavy atom. The van der Waals surface area contributed by atoms with Crippen molar-refractivity contribution in [2.45, 2.75) is 13.3 Å². The van der Waals surface area contributed by atoms with Crippen molar-refractivity contribution in [1.82, 2.24) is 19.5 Å². The van der Waals surface area contributed by atoms with E-state index in [1.54, 1.807) is 53.6 Å². The van der Waals surface area contributed by atoms with E-state index in [0.29, 0.717) is 29.6 Å². The molecule has 1 N–H and O–H groups in total. The normalized spacial score (nSPS) is 11.2. The second-order valence-corrected chi connectivity index (χ2v) is 7.07. The van der Waals surface area contributed by atoms with E-state index < -0.39 is 10.0 Å². The number of hydrogen-bond acceptors (Lipinski definition) is 6. The molecule has 0 amide bonds. The first-order valence-corrected chi connectivity index (χ1v) is 9.30. The number of ether oxygens (including phenoxy) is 1. The summed E-state index contributed by atoms with van der Waals surface area (Å²) in [5, 5.41) is 0. The first-order valence-electron chi connectivity index (χ1n) is 7.64. The largest absolute Gasteiger partial charge is 0.439 e. The van der Waals surface area contributed by atoms with Gasteiger partial charge >= 0.3 is 0 Å². The first-order chi connectivity index (χ1) is 12.1. The number of hydrogen-bond donors (Lipinski definition) is 1. The number of nitrogens with zero attached hydrogens (tertiary/aromatic N) is 4. The van der Waals surface area contributed by atoms with Gasteiger partial charge in [-0.1, -0.05) is 6.92 Å². The van der Waals surface area contributed by atoms with E-state index in [1.165, 1.54) is 6.33 Å². The summed E-state index contributed by atoms with van der Waals surface area (Å²) in [4.78, 5) is 12.2. The molecule has 0 fully saturated rings. The summed E-state index contributed by atoms with van der Waals surface area (Å²) in [5.74, 6) is 1.63. The van der Waals surface area contributed by atoms with Crippen LogP contribution in [0.2, 0.25) is 0 Å². The highest BCUT2D eigenvalue weighted by molar-refractivity contribution is 7.92. The van der Waals surface area contributed by atoms with E-state index in [0.717, 1.165) is 0 Å². The molecule has 0 atom stereocenters. The lowest BCUT2D eigenvalue weighted by atomic mass is 10.3. The SMILES string of the molecule is CCCS(=O)(=O)Nc1ccc(Oc2cc(-n3ccnc3)ncn2)cc1. The van der Waals surface area contributed by atoms with Gasteiger partial charge in [0.05, 0.1) is 5.75 Å². The van der Waals surface area contributed by atoms with Crippen LogP contribution in [-0.2, 0) is 10.0 Å². The quantitative estimate of drug-likeness (QED) is 0.696. The van der Waals surface area contributed by atoms with Gasteiger partial charge in [0.2, 0.25) is 15.9 Å². The van der Waals surface area contributed by atoms with E-state index in [9.17, 15) is 8.42 Å². The van der Waals surface area contributed by atoms with Crippen LogP contribution in [0.15, 0.2) is 55.4 Å². The predicted molar refractivity (Wildman–Crippen MR) is 93.4 cm³/mol. The molecule has 0 unspecified atom stereocenters. The number of aromatic nitrogens is 4. The molecule has 1 aromatic carbocycles. The van der Waals surface area contributed by atoms with Crippen molar-refractivity contribution in [1.29, 1.82) is 0 Å². The molecule has 0 bridgehead atoms. The van der Waals surface area contributed by atoms with Crippen molar-refractivity contribution < 1.29 is 13.2 Å². The molecule has 8 nitrogen and oxygen atoms in total. The van der Waals surface area contributed by atoms with Gasteiger partial charge in [-0.25, -0.2) is 23.4 Å². The van der Waals surface area contributed by atoms with Crippen LogP contribution in [0, 0.1) is 0 Å². The van der Waals surface area contributed by atoms with Crippen LogP contribution in [0.25, 0.3) is 5.82 Å². The second kappa shape index (κ2) is 7.31. The van der Waals surface area contributed by atoms with Crippen molar-refractivity contribution in [2.75, 3.05) is 10.5 Å². The van der Waals surface area contributed by atoms with Crippen molar-refractivity contribution in [3.8, 4) is 17.4 Å². The van der Waals surface area contributed by atoms with Crippen LogP contribution >= 0.6 is 0 Å². The van der Waals surface area contributed by atoms with Gasteiger partial charge in [0.25, 0.3) is 0 Å². The number of sulfonamides is 1. The molecule has 0 radical (unpaired) electrons. The number of benzene rings is 1. The van der Waals surface area contributed by atoms with E-state index in [1.807, 2.05) is 6.92 Å². The Kier molecular flexibility index (Phi) is 4.94. The molecule has 130 valence electrons. The minimum Gasteiger partial charge on any atom is -0.439 e. The molecular weight excluding hydrogens is 342 g/mol. The minimum absolute atomic E-state index is 0.0865. The van der Waals surface area contributed by atoms with Crippen LogP contribution in [0.4, 0.5) is 5.69 Å². The molecule has 25 heavy (non-hydrogen) atoms. The maximum Gasteiger partial charge on any atom is 0.232 e. The fourth-order valence-electron chi connectivity index (χ4n) is 2.13. The summed E-state index contributed by atoms with van der Waals surface area (Å²) in [7, 11) is -3.31. The van der Waals surface area contributed by atoms with E-state index >= 15 is 0 Å². The number of rotatable bonds is 7. The van der Waals surface area contributed by atoms with Gasteiger partial charge in [0.15, 0.2) is 0 Å². The Hall–Kier alpha value is -2.94. The standard InChI is InChI=1S/C16H17N5O3S/c1-2-9-25(22,23)20-13-3-5-14(6-4-13)24-16-10-15(18-11-19-16)21-8-7-17-12-21/h3-8,10-12,20H,2,9H2,1H3. The van der Waals surface area contributed by atoms with Gasteiger partial charge in [0, 0.05) is 24.1 Å². The Morgan fingerprint density at radius 1 is 1.20 bits per heavy atom. The maximum absolute atomic E-state index is 11.8. The topological polar surface area (TPSA) is 99.0 Å². The summed E-state index contributed by atoms with van der Waals surface area (Å²) in [6.45, 7) is 1.82. The summed E-state index contributed by atoms with van der Waals surface area (Å²) in [6.07, 6.45) is 7.01. The molecule has 9 heteroatoms. The Labute approximate surface area is 145 Å². The van der Waals surface area contributed by atoms with Crippen molar-refractivity contribution in [2.24, 2.45) is 0 Å². The molecule has 3 rings (SSSR count). The fraction of sp³-hybridized carbons (Fsp3) is 0.188. The zero-order chi connectivity index (χ0) is 17.7. The highest BCUT2D eigenvalue weighted by atomic mass is 32.2. The van der Waals surface area contributed by atoms with Crippen molar-refractivity contribution in [3.05, 3.63) is 55.4 Å². The third-order valence-corrected chi connectivity index (χ3v) is 4.71. The molecule has 0 saturated carbocycles. The molecule has 2 heterocycles. The summed E-state index contributed by atoms with van der Waals surface area (Å²) in [5.41, 5.74) is 0.489. The average Bonchev–Trinajstić information content (AvgIpc) is 3.11. The van der Waals surface area contributed by atoms with E-state index in [2.05, 4.69) is 19.7 Å². The second-order valence-electron chi connectivity index (χ2n) is 5.23. The molecule has 0 aliphatic carbocycles. The Bertz CT molecular complexity index is 925. The van der Waals surface area contributed by atoms with Crippen molar-refractivity contribution >= 4 is 15.7 Å². The van der Waals surface area contributed by atoms with Crippen LogP contribution < -0.4 is 9.46 Å². The molecule has 2 aromatic heterocycles. The monoisotopic (exact) mass is 359 g/mol. The Morgan fingerprint density at radius 3 is 2.68 bits per heavy atom. The van der Waals surface area contributed by atoms with Gasteiger partial charge in [0.1, 0.15) is 24.2 Å². The molecule has 0 saturated heterocycles. The van der Waals surface area contributed by atoms with Gasteiger partial charge in [-0.2, -0.15) is 0 Å². The highest BCUT2D eigenvalue weighted by Crippen LogP contribution is 2.22. The Balaban J connectivity index is 1.71. The average molecular weight is 359 g/mol. The fourth-order valence-corrected chi connectivity index (χ4v) is 3.27. The molecule has 0 spiro atoms. The minimum atomic E-state index is -3.31. The van der Waals surface area contributed by atoms with Crippen LogP contribution in [0.1, 0.15) is 13.3 Å². The highest BCUT2D eigenvalue weighted by Gasteiger charge is 2.09. The van der Waals surface area contributed by atoms with Crippen LogP contribution in [-0.4, -0.2) is 33.7 Å². The van der Waals surface area contributed by atoms with Crippen molar-refractivity contribution in [3.63, 3.8) is 0 Å². The third-order valence-electron chi connectivity index (χ3n) is 3.22. The summed E-state index contributed by atoms with van der Waals surface area (Å²) in [6, 6.07) is 8.30. The molecular formula is C16H17N5O3S. The predicted octanol–water partition coefficient (Wildman–Crippen LogP) is 2.61. The maximum atomic E-state index is 11.8. The summed E-state index contributed by atoms with van der Waals surface area (Å²) < 4.78 is 33.5. The number of anilines is 1. The van der Waals surface area contributed by atoms with Crippen LogP contribution in [0.5, 0.6) is 11.6 Å². The lowest BCUT2D eigenvalue weighted by Gasteiger charge is -2.09. The number of imidazole rings is 1. The zero-order valence-electron chi connectivity index (χ0n) is 13.5. The van der Waals surface area contributed by atoms with Gasteiger partial charge in [-0.3, -0.25) is 9.29 Å². The molecule has 0 aliphatic rings. The molecule has 3 aromatic rings. The van der Waals surface area contributed by atoms with E-state index in [-0.39, 0.29) is 5.75 Å². The van der Waals surface area contributed by atoms with Gasteiger partial charge in [-0.05, 0) is 30.7 Å². The lowest BCUT2D eigenvalue weighted by Crippen LogP contribution is -2.15. The summed E-state index contributed by atoms with van der Waals surface area (Å²) >= 11 is 0. The van der Waals surface area contributed by atoms with Gasteiger partial charge in [-0.15, -0.1) is 0 Å². The van der Waals surface area contributed by atoms with Gasteiger partial charge < -0.3 is 4.74 Å².